The number of halogens is 1. The molecule has 8 unspecified atom stereocenters. The molecule has 2 heterocycles. The zero-order chi connectivity index (χ0) is 17.4. The molecule has 1 aliphatic heterocycles. The van der Waals surface area contributed by atoms with Crippen LogP contribution in [0.25, 0.3) is 11.3 Å². The molecule has 4 nitrogen and oxygen atoms in total. The second kappa shape index (κ2) is 4.07. The summed E-state index contributed by atoms with van der Waals surface area (Å²) in [5.74, 6) is 1.33. The smallest absolute Gasteiger partial charge is 0.129 e. The third-order valence-corrected chi connectivity index (χ3v) is 9.07. The minimum Gasteiger partial charge on any atom is -0.393 e. The van der Waals surface area contributed by atoms with Gasteiger partial charge in [-0.15, -0.1) is 0 Å². The number of aliphatic hydroxyl groups excluding tert-OH is 2. The zero-order valence-electron chi connectivity index (χ0n) is 14.3. The van der Waals surface area contributed by atoms with Crippen LogP contribution in [-0.2, 0) is 0 Å². The second-order valence-corrected chi connectivity index (χ2v) is 9.29. The fraction of sp³-hybridized carbons (Fsp3) is 0.571. The molecule has 4 fully saturated rings. The molecule has 4 saturated carbocycles. The van der Waals surface area contributed by atoms with Gasteiger partial charge in [0, 0.05) is 16.5 Å². The standard InChI is InChI=1S/C21H21FN2O2/c22-14-3-1-2-11-16-8-23-9-24(16)15(18(11)14)5-17(25)20-6-10-4-12-19(26)13(7-20)21(10,12)20/h1-3,8-10,12-13,15,17,19,25-26H,4-7H2. The molecule has 1 aromatic carbocycles. The largest absolute Gasteiger partial charge is 0.393 e. The highest BCUT2D eigenvalue weighted by molar-refractivity contribution is 5.69. The molecule has 7 rings (SSSR count). The molecule has 2 N–H and O–H groups in total. The van der Waals surface area contributed by atoms with Crippen LogP contribution in [-0.4, -0.2) is 32.0 Å². The van der Waals surface area contributed by atoms with E-state index in [4.69, 9.17) is 0 Å². The Kier molecular flexibility index (Phi) is 2.25. The first-order valence-electron chi connectivity index (χ1n) is 9.76. The van der Waals surface area contributed by atoms with Gasteiger partial charge in [-0.2, -0.15) is 0 Å². The van der Waals surface area contributed by atoms with Crippen LogP contribution in [0.15, 0.2) is 30.7 Å². The first kappa shape index (κ1) is 14.4. The van der Waals surface area contributed by atoms with Crippen molar-refractivity contribution in [1.29, 1.82) is 0 Å². The van der Waals surface area contributed by atoms with Crippen LogP contribution in [0.4, 0.5) is 4.39 Å². The zero-order valence-corrected chi connectivity index (χ0v) is 14.3. The van der Waals surface area contributed by atoms with Gasteiger partial charge >= 0.3 is 0 Å². The van der Waals surface area contributed by atoms with Crippen molar-refractivity contribution in [3.8, 4) is 11.3 Å². The number of aromatic nitrogens is 2. The maximum absolute atomic E-state index is 14.6. The van der Waals surface area contributed by atoms with Crippen molar-refractivity contribution >= 4 is 0 Å². The highest BCUT2D eigenvalue weighted by Crippen LogP contribution is 2.93. The molecule has 0 amide bonds. The lowest BCUT2D eigenvalue weighted by Crippen LogP contribution is -2.92. The summed E-state index contributed by atoms with van der Waals surface area (Å²) in [6.45, 7) is 0. The lowest BCUT2D eigenvalue weighted by molar-refractivity contribution is -0.483. The number of imidazole rings is 1. The van der Waals surface area contributed by atoms with E-state index in [1.807, 2.05) is 10.6 Å². The quantitative estimate of drug-likeness (QED) is 0.893. The molecule has 134 valence electrons. The average Bonchev–Trinajstić information content (AvgIpc) is 3.14. The normalized spacial score (nSPS) is 46.5. The van der Waals surface area contributed by atoms with Gasteiger partial charge in [-0.1, -0.05) is 12.1 Å². The number of hydrogen-bond acceptors (Lipinski definition) is 3. The monoisotopic (exact) mass is 352 g/mol. The van der Waals surface area contributed by atoms with Crippen LogP contribution in [0.2, 0.25) is 0 Å². The van der Waals surface area contributed by atoms with Gasteiger partial charge in [0.05, 0.1) is 36.5 Å². The lowest BCUT2D eigenvalue weighted by atomic mass is 9.11. The maximum Gasteiger partial charge on any atom is 0.129 e. The minimum atomic E-state index is -0.448. The van der Waals surface area contributed by atoms with E-state index in [0.29, 0.717) is 29.7 Å². The van der Waals surface area contributed by atoms with Crippen molar-refractivity contribution in [2.45, 2.75) is 43.9 Å². The maximum atomic E-state index is 14.6. The van der Waals surface area contributed by atoms with Crippen LogP contribution in [0.1, 0.15) is 37.3 Å². The van der Waals surface area contributed by atoms with E-state index in [1.165, 1.54) is 6.07 Å². The Morgan fingerprint density at radius 2 is 2.19 bits per heavy atom. The summed E-state index contributed by atoms with van der Waals surface area (Å²) in [5.41, 5.74) is 2.72. The van der Waals surface area contributed by atoms with Gasteiger partial charge in [0.25, 0.3) is 0 Å². The third-order valence-electron chi connectivity index (χ3n) is 9.07. The molecule has 0 saturated heterocycles. The summed E-state index contributed by atoms with van der Waals surface area (Å²) in [7, 11) is 0. The Labute approximate surface area is 150 Å². The van der Waals surface area contributed by atoms with Gasteiger partial charge in [-0.05, 0) is 54.9 Å². The van der Waals surface area contributed by atoms with E-state index in [0.717, 1.165) is 30.5 Å². The molecule has 1 spiro atoms. The van der Waals surface area contributed by atoms with Crippen LogP contribution >= 0.6 is 0 Å². The predicted molar refractivity (Wildman–Crippen MR) is 91.6 cm³/mol. The Morgan fingerprint density at radius 3 is 3.00 bits per heavy atom. The van der Waals surface area contributed by atoms with Gasteiger partial charge in [0.1, 0.15) is 5.82 Å². The first-order valence-corrected chi connectivity index (χ1v) is 9.76. The second-order valence-electron chi connectivity index (χ2n) is 9.29. The lowest BCUT2D eigenvalue weighted by Gasteiger charge is -2.93. The fourth-order valence-electron chi connectivity index (χ4n) is 8.21. The van der Waals surface area contributed by atoms with Crippen LogP contribution in [0, 0.1) is 34.4 Å². The van der Waals surface area contributed by atoms with Crippen molar-refractivity contribution in [2.24, 2.45) is 28.6 Å². The van der Waals surface area contributed by atoms with Crippen molar-refractivity contribution in [3.05, 3.63) is 42.1 Å². The molecule has 26 heavy (non-hydrogen) atoms. The van der Waals surface area contributed by atoms with Crippen molar-refractivity contribution in [3.63, 3.8) is 0 Å². The molecular formula is C21H21FN2O2. The molecule has 0 radical (unpaired) electrons. The van der Waals surface area contributed by atoms with E-state index in [1.54, 1.807) is 18.6 Å². The van der Waals surface area contributed by atoms with Crippen LogP contribution in [0.5, 0.6) is 0 Å². The number of hydrogen-bond donors (Lipinski definition) is 2. The highest BCUT2D eigenvalue weighted by Gasteiger charge is 2.91. The predicted octanol–water partition coefficient (Wildman–Crippen LogP) is 2.75. The molecule has 1 aromatic heterocycles. The Hall–Kier alpha value is -1.72. The van der Waals surface area contributed by atoms with Crippen molar-refractivity contribution in [1.82, 2.24) is 9.55 Å². The van der Waals surface area contributed by atoms with Crippen LogP contribution < -0.4 is 0 Å². The highest BCUT2D eigenvalue weighted by atomic mass is 19.1. The molecule has 5 heteroatoms. The third kappa shape index (κ3) is 1.16. The molecule has 4 aliphatic carbocycles. The number of rotatable bonds is 3. The number of nitrogens with zero attached hydrogens (tertiary/aromatic N) is 2. The summed E-state index contributed by atoms with van der Waals surface area (Å²) in [5, 5.41) is 21.6. The first-order chi connectivity index (χ1) is 12.6. The van der Waals surface area contributed by atoms with E-state index >= 15 is 0 Å². The fourth-order valence-corrected chi connectivity index (χ4v) is 8.21. The van der Waals surface area contributed by atoms with Gasteiger partial charge in [-0.3, -0.25) is 0 Å². The van der Waals surface area contributed by atoms with Gasteiger partial charge in [0.15, 0.2) is 0 Å². The summed E-state index contributed by atoms with van der Waals surface area (Å²) in [4.78, 5) is 4.25. The van der Waals surface area contributed by atoms with Gasteiger partial charge in [-0.25, -0.2) is 9.37 Å². The molecule has 8 atom stereocenters. The summed E-state index contributed by atoms with van der Waals surface area (Å²) < 4.78 is 16.7. The van der Waals surface area contributed by atoms with Crippen molar-refractivity contribution in [2.75, 3.05) is 0 Å². The Morgan fingerprint density at radius 1 is 1.31 bits per heavy atom. The van der Waals surface area contributed by atoms with Crippen molar-refractivity contribution < 1.29 is 14.6 Å². The SMILES string of the molecule is OC1C2CC3CC4(C(O)CC5c6c(F)cccc6-c6cncn65)CC1C324. The number of aliphatic hydroxyl groups is 2. The van der Waals surface area contributed by atoms with Gasteiger partial charge < -0.3 is 14.8 Å². The minimum absolute atomic E-state index is 0.0285. The molecule has 2 aromatic rings. The van der Waals surface area contributed by atoms with E-state index in [9.17, 15) is 14.6 Å². The van der Waals surface area contributed by atoms with E-state index in [-0.39, 0.29) is 28.8 Å². The number of fused-ring (bicyclic) bond motifs is 3. The number of benzene rings is 1. The van der Waals surface area contributed by atoms with Crippen LogP contribution in [0.3, 0.4) is 0 Å². The topological polar surface area (TPSA) is 58.3 Å². The molecular weight excluding hydrogens is 331 g/mol. The average molecular weight is 352 g/mol. The van der Waals surface area contributed by atoms with E-state index < -0.39 is 6.10 Å². The van der Waals surface area contributed by atoms with E-state index in [2.05, 4.69) is 4.98 Å². The molecule has 0 bridgehead atoms. The Balaban J connectivity index is 1.25. The van der Waals surface area contributed by atoms with Gasteiger partial charge in [0.2, 0.25) is 0 Å². The summed E-state index contributed by atoms with van der Waals surface area (Å²) >= 11 is 0. The summed E-state index contributed by atoms with van der Waals surface area (Å²) in [6.07, 6.45) is 6.64. The molecule has 5 aliphatic rings. The summed E-state index contributed by atoms with van der Waals surface area (Å²) in [6, 6.07) is 5.01. The Bertz CT molecular complexity index is 965.